The monoisotopic (exact) mass is 305 g/mol. The van der Waals surface area contributed by atoms with Crippen LogP contribution in [0.3, 0.4) is 0 Å². The summed E-state index contributed by atoms with van der Waals surface area (Å²) in [7, 11) is -0.287. The summed E-state index contributed by atoms with van der Waals surface area (Å²) in [5.74, 6) is 0.312. The van der Waals surface area contributed by atoms with Crippen molar-refractivity contribution >= 4 is 24.1 Å². The molecule has 2 aliphatic rings. The van der Waals surface area contributed by atoms with Gasteiger partial charge in [0.25, 0.3) is 0 Å². The molecule has 2 saturated heterocycles. The molecule has 0 saturated carbocycles. The quantitative estimate of drug-likeness (QED) is 0.735. The van der Waals surface area contributed by atoms with Crippen LogP contribution < -0.4 is 5.73 Å². The van der Waals surface area contributed by atoms with Gasteiger partial charge in [-0.25, -0.2) is 15.0 Å². The minimum Gasteiger partial charge on any atom is -0.403 e. The Bertz CT molecular complexity index is 697. The number of imidazole rings is 1. The molecule has 2 fully saturated rings. The third-order valence-electron chi connectivity index (χ3n) is 4.08. The average Bonchev–Trinajstić information content (AvgIpc) is 3.19. The van der Waals surface area contributed by atoms with Gasteiger partial charge in [0, 0.05) is 0 Å². The zero-order chi connectivity index (χ0) is 15.3. The van der Waals surface area contributed by atoms with Gasteiger partial charge in [-0.1, -0.05) is 6.92 Å². The molecule has 4 heterocycles. The summed E-state index contributed by atoms with van der Waals surface area (Å²) in [5, 5.41) is 9.51. The van der Waals surface area contributed by atoms with E-state index in [1.165, 1.54) is 6.33 Å². The Balaban J connectivity index is 1.73. The molecule has 9 nitrogen and oxygen atoms in total. The molecule has 10 heteroatoms. The van der Waals surface area contributed by atoms with Crippen LogP contribution in [0, 0.1) is 0 Å². The molecule has 0 aromatic carbocycles. The summed E-state index contributed by atoms with van der Waals surface area (Å²) in [6.07, 6.45) is 2.16. The molecule has 2 aromatic rings. The smallest absolute Gasteiger partial charge is 0.403 e. The van der Waals surface area contributed by atoms with Crippen LogP contribution in [0.15, 0.2) is 12.7 Å². The molecule has 0 bridgehead atoms. The van der Waals surface area contributed by atoms with Gasteiger partial charge in [0.05, 0.1) is 12.9 Å². The topological polar surface area (TPSA) is 118 Å². The number of nitrogens with zero attached hydrogens (tertiary/aromatic N) is 4. The van der Waals surface area contributed by atoms with Gasteiger partial charge >= 0.3 is 7.12 Å². The number of fused-ring (bicyclic) bond motifs is 2. The molecule has 0 radical (unpaired) electrons. The minimum absolute atomic E-state index is 0.138. The first-order chi connectivity index (χ1) is 10.7. The van der Waals surface area contributed by atoms with Crippen molar-refractivity contribution in [1.82, 2.24) is 19.5 Å². The number of hydrogen-bond donors (Lipinski definition) is 2. The van der Waals surface area contributed by atoms with E-state index in [-0.39, 0.29) is 25.9 Å². The van der Waals surface area contributed by atoms with Crippen molar-refractivity contribution in [2.24, 2.45) is 0 Å². The van der Waals surface area contributed by atoms with Crippen LogP contribution in [0.2, 0.25) is 6.32 Å². The van der Waals surface area contributed by atoms with E-state index in [0.29, 0.717) is 17.0 Å². The third kappa shape index (κ3) is 1.92. The van der Waals surface area contributed by atoms with Gasteiger partial charge < -0.3 is 24.9 Å². The van der Waals surface area contributed by atoms with E-state index in [2.05, 4.69) is 15.0 Å². The maximum absolute atomic E-state index is 9.51. The lowest BCUT2D eigenvalue weighted by atomic mass is 9.87. The maximum Gasteiger partial charge on any atom is 0.457 e. The Morgan fingerprint density at radius 2 is 2.14 bits per heavy atom. The Labute approximate surface area is 126 Å². The SMILES string of the molecule is CCB1O[C@@H]2[C@H](O1)[C@@H](CO)O[C@H]2n1cnc2c(N)ncnc21. The van der Waals surface area contributed by atoms with E-state index in [0.717, 1.165) is 6.32 Å². The predicted molar refractivity (Wildman–Crippen MR) is 76.7 cm³/mol. The van der Waals surface area contributed by atoms with Gasteiger partial charge in [0.1, 0.15) is 30.2 Å². The Morgan fingerprint density at radius 1 is 1.32 bits per heavy atom. The maximum atomic E-state index is 9.51. The molecular weight excluding hydrogens is 289 g/mol. The highest BCUT2D eigenvalue weighted by Gasteiger charge is 2.54. The van der Waals surface area contributed by atoms with Gasteiger partial charge in [0.2, 0.25) is 0 Å². The second kappa shape index (κ2) is 5.16. The first-order valence-electron chi connectivity index (χ1n) is 7.23. The van der Waals surface area contributed by atoms with Crippen molar-refractivity contribution in [3.05, 3.63) is 12.7 Å². The lowest BCUT2D eigenvalue weighted by Gasteiger charge is -2.19. The highest BCUT2D eigenvalue weighted by molar-refractivity contribution is 6.45. The van der Waals surface area contributed by atoms with Crippen molar-refractivity contribution < 1.29 is 19.2 Å². The number of aliphatic hydroxyl groups is 1. The first kappa shape index (κ1) is 13.9. The number of nitrogen functional groups attached to an aromatic ring is 1. The van der Waals surface area contributed by atoms with Crippen LogP contribution in [-0.2, 0) is 14.0 Å². The zero-order valence-corrected chi connectivity index (χ0v) is 12.0. The van der Waals surface area contributed by atoms with Crippen molar-refractivity contribution in [3.63, 3.8) is 0 Å². The van der Waals surface area contributed by atoms with E-state index in [9.17, 15) is 5.11 Å². The highest BCUT2D eigenvalue weighted by Crippen LogP contribution is 2.39. The zero-order valence-electron chi connectivity index (χ0n) is 12.0. The Morgan fingerprint density at radius 3 is 2.91 bits per heavy atom. The standard InChI is InChI=1S/C12H16BN5O4/c1-2-13-21-8-6(3-19)20-12(9(8)22-13)18-5-17-7-10(14)15-4-16-11(7)18/h4-6,8-9,12,19H,2-3H2,1H3,(H2,14,15,16)/t6-,8-,9-,12-/m1/s1. The minimum atomic E-state index is -0.474. The van der Waals surface area contributed by atoms with Crippen molar-refractivity contribution in [2.45, 2.75) is 37.8 Å². The number of anilines is 1. The van der Waals surface area contributed by atoms with Gasteiger partial charge in [-0.15, -0.1) is 0 Å². The van der Waals surface area contributed by atoms with E-state index >= 15 is 0 Å². The molecule has 2 aliphatic heterocycles. The normalized spacial score (nSPS) is 31.1. The number of aliphatic hydroxyl groups excluding tert-OH is 1. The number of rotatable bonds is 3. The third-order valence-corrected chi connectivity index (χ3v) is 4.08. The molecule has 0 spiro atoms. The van der Waals surface area contributed by atoms with Crippen LogP contribution in [0.5, 0.6) is 0 Å². The Hall–Kier alpha value is -1.75. The van der Waals surface area contributed by atoms with E-state index in [1.807, 2.05) is 6.92 Å². The fourth-order valence-corrected chi connectivity index (χ4v) is 3.02. The summed E-state index contributed by atoms with van der Waals surface area (Å²) in [5.41, 5.74) is 6.89. The summed E-state index contributed by atoms with van der Waals surface area (Å²) in [6, 6.07) is 0. The van der Waals surface area contributed by atoms with Crippen LogP contribution >= 0.6 is 0 Å². The molecular formula is C12H16BN5O4. The number of ether oxygens (including phenoxy) is 1. The lowest BCUT2D eigenvalue weighted by Crippen LogP contribution is -2.31. The highest BCUT2D eigenvalue weighted by atomic mass is 16.7. The van der Waals surface area contributed by atoms with Crippen LogP contribution in [0.4, 0.5) is 5.82 Å². The molecule has 0 aliphatic carbocycles. The summed E-state index contributed by atoms with van der Waals surface area (Å²) in [4.78, 5) is 12.4. The average molecular weight is 305 g/mol. The summed E-state index contributed by atoms with van der Waals surface area (Å²) >= 11 is 0. The predicted octanol–water partition coefficient (Wildman–Crippen LogP) is -0.410. The van der Waals surface area contributed by atoms with Gasteiger partial charge in [0.15, 0.2) is 17.7 Å². The number of aromatic nitrogens is 4. The fraction of sp³-hybridized carbons (Fsp3) is 0.583. The summed E-state index contributed by atoms with van der Waals surface area (Å²) < 4.78 is 19.3. The molecule has 0 unspecified atom stereocenters. The van der Waals surface area contributed by atoms with Gasteiger partial charge in [-0.05, 0) is 6.32 Å². The summed E-state index contributed by atoms with van der Waals surface area (Å²) in [6.45, 7) is 1.84. The second-order valence-electron chi connectivity index (χ2n) is 5.37. The fourth-order valence-electron chi connectivity index (χ4n) is 3.02. The van der Waals surface area contributed by atoms with Crippen LogP contribution in [-0.4, -0.2) is 56.7 Å². The van der Waals surface area contributed by atoms with Crippen LogP contribution in [0.25, 0.3) is 11.2 Å². The second-order valence-corrected chi connectivity index (χ2v) is 5.37. The van der Waals surface area contributed by atoms with E-state index < -0.39 is 12.3 Å². The van der Waals surface area contributed by atoms with E-state index in [4.69, 9.17) is 19.8 Å². The molecule has 3 N–H and O–H groups in total. The van der Waals surface area contributed by atoms with Crippen LogP contribution in [0.1, 0.15) is 13.2 Å². The molecule has 2 aromatic heterocycles. The van der Waals surface area contributed by atoms with Crippen molar-refractivity contribution in [2.75, 3.05) is 12.3 Å². The number of nitrogens with two attached hydrogens (primary N) is 1. The molecule has 0 amide bonds. The Kier molecular flexibility index (Phi) is 3.26. The van der Waals surface area contributed by atoms with Crippen molar-refractivity contribution in [1.29, 1.82) is 0 Å². The van der Waals surface area contributed by atoms with E-state index in [1.54, 1.807) is 10.9 Å². The van der Waals surface area contributed by atoms with Crippen molar-refractivity contribution in [3.8, 4) is 0 Å². The number of hydrogen-bond acceptors (Lipinski definition) is 8. The molecule has 4 atom stereocenters. The van der Waals surface area contributed by atoms with Gasteiger partial charge in [-0.3, -0.25) is 4.57 Å². The first-order valence-corrected chi connectivity index (χ1v) is 7.23. The molecule has 4 rings (SSSR count). The largest absolute Gasteiger partial charge is 0.457 e. The van der Waals surface area contributed by atoms with Gasteiger partial charge in [-0.2, -0.15) is 0 Å². The lowest BCUT2D eigenvalue weighted by molar-refractivity contribution is -0.0578. The molecule has 22 heavy (non-hydrogen) atoms. The molecule has 116 valence electrons.